The largest absolute Gasteiger partial charge is 0.508 e. The molecule has 21 heavy (non-hydrogen) atoms. The van der Waals surface area contributed by atoms with Gasteiger partial charge in [-0.25, -0.2) is 0 Å². The number of non-ortho nitro benzene ring substituents is 1. The van der Waals surface area contributed by atoms with E-state index in [2.05, 4.69) is 5.32 Å². The minimum absolute atomic E-state index is 0.00782. The Balaban J connectivity index is 2.19. The summed E-state index contributed by atoms with van der Waals surface area (Å²) in [6.45, 7) is 5.75. The first kappa shape index (κ1) is 14.8. The zero-order valence-corrected chi connectivity index (χ0v) is 12.3. The molecule has 2 aromatic carbocycles. The van der Waals surface area contributed by atoms with Gasteiger partial charge in [0.1, 0.15) is 5.75 Å². The molecule has 0 aliphatic carbocycles. The highest BCUT2D eigenvalue weighted by atomic mass is 16.6. The molecule has 0 saturated carbocycles. The van der Waals surface area contributed by atoms with E-state index in [1.54, 1.807) is 18.2 Å². The van der Waals surface area contributed by atoms with Crippen molar-refractivity contribution in [3.05, 3.63) is 63.2 Å². The average molecular weight is 286 g/mol. The number of rotatable bonds is 4. The highest BCUT2D eigenvalue weighted by Gasteiger charge is 2.11. The van der Waals surface area contributed by atoms with Crippen LogP contribution in [0.1, 0.15) is 29.7 Å². The van der Waals surface area contributed by atoms with Gasteiger partial charge < -0.3 is 10.4 Å². The summed E-state index contributed by atoms with van der Waals surface area (Å²) < 4.78 is 0. The van der Waals surface area contributed by atoms with Crippen LogP contribution in [0.15, 0.2) is 36.4 Å². The highest BCUT2D eigenvalue weighted by molar-refractivity contribution is 5.57. The molecule has 0 saturated heterocycles. The van der Waals surface area contributed by atoms with Crippen LogP contribution in [-0.2, 0) is 0 Å². The minimum atomic E-state index is -0.407. The van der Waals surface area contributed by atoms with Crippen molar-refractivity contribution in [1.29, 1.82) is 0 Å². The molecule has 0 fully saturated rings. The van der Waals surface area contributed by atoms with Crippen LogP contribution in [0.25, 0.3) is 0 Å². The molecule has 0 amide bonds. The van der Waals surface area contributed by atoms with Gasteiger partial charge in [-0.2, -0.15) is 0 Å². The van der Waals surface area contributed by atoms with E-state index in [9.17, 15) is 15.2 Å². The predicted molar refractivity (Wildman–Crippen MR) is 82.7 cm³/mol. The third-order valence-corrected chi connectivity index (χ3v) is 3.52. The Morgan fingerprint density at radius 3 is 2.33 bits per heavy atom. The van der Waals surface area contributed by atoms with Crippen LogP contribution in [0.2, 0.25) is 0 Å². The Bertz CT molecular complexity index is 666. The zero-order chi connectivity index (χ0) is 15.6. The van der Waals surface area contributed by atoms with Crippen molar-refractivity contribution in [2.45, 2.75) is 26.8 Å². The molecular weight excluding hydrogens is 268 g/mol. The Morgan fingerprint density at radius 2 is 1.76 bits per heavy atom. The molecule has 0 heterocycles. The van der Waals surface area contributed by atoms with E-state index in [0.29, 0.717) is 0 Å². The highest BCUT2D eigenvalue weighted by Crippen LogP contribution is 2.28. The van der Waals surface area contributed by atoms with Crippen LogP contribution in [0.4, 0.5) is 11.4 Å². The van der Waals surface area contributed by atoms with E-state index < -0.39 is 4.92 Å². The molecule has 1 unspecified atom stereocenters. The number of nitro groups is 1. The number of hydrogen-bond donors (Lipinski definition) is 2. The van der Waals surface area contributed by atoms with Crippen molar-refractivity contribution in [3.63, 3.8) is 0 Å². The normalized spacial score (nSPS) is 12.0. The number of hydrogen-bond acceptors (Lipinski definition) is 4. The van der Waals surface area contributed by atoms with Crippen LogP contribution in [0, 0.1) is 24.0 Å². The summed E-state index contributed by atoms with van der Waals surface area (Å²) in [6, 6.07) is 10.1. The molecule has 2 rings (SSSR count). The van der Waals surface area contributed by atoms with E-state index in [0.717, 1.165) is 22.4 Å². The van der Waals surface area contributed by atoms with Crippen molar-refractivity contribution in [2.24, 2.45) is 0 Å². The Hall–Kier alpha value is -2.56. The lowest BCUT2D eigenvalue weighted by atomic mass is 10.1. The molecule has 0 aromatic heterocycles. The molecular formula is C16H18N2O3. The lowest BCUT2D eigenvalue weighted by molar-refractivity contribution is -0.384. The van der Waals surface area contributed by atoms with Gasteiger partial charge in [-0.05, 0) is 49.6 Å². The van der Waals surface area contributed by atoms with Gasteiger partial charge in [-0.3, -0.25) is 10.1 Å². The second-order valence-electron chi connectivity index (χ2n) is 5.17. The first-order valence-corrected chi connectivity index (χ1v) is 6.69. The van der Waals surface area contributed by atoms with Gasteiger partial charge in [0.2, 0.25) is 0 Å². The van der Waals surface area contributed by atoms with E-state index >= 15 is 0 Å². The molecule has 110 valence electrons. The number of nitro benzene ring substituents is 1. The lowest BCUT2D eigenvalue weighted by Gasteiger charge is -2.18. The monoisotopic (exact) mass is 286 g/mol. The zero-order valence-electron chi connectivity index (χ0n) is 12.3. The summed E-state index contributed by atoms with van der Waals surface area (Å²) in [5.74, 6) is 0.279. The summed E-state index contributed by atoms with van der Waals surface area (Å²) in [7, 11) is 0. The molecule has 1 atom stereocenters. The Kier molecular flexibility index (Phi) is 4.12. The number of aryl methyl sites for hydroxylation is 2. The number of nitrogens with one attached hydrogen (secondary N) is 1. The molecule has 5 heteroatoms. The third-order valence-electron chi connectivity index (χ3n) is 3.52. The number of phenolic OH excluding ortho intramolecular Hbond substituents is 1. The second kappa shape index (κ2) is 5.83. The van der Waals surface area contributed by atoms with E-state index in [4.69, 9.17) is 0 Å². The van der Waals surface area contributed by atoms with Gasteiger partial charge in [0.05, 0.1) is 4.92 Å². The van der Waals surface area contributed by atoms with E-state index in [-0.39, 0.29) is 17.5 Å². The first-order valence-electron chi connectivity index (χ1n) is 6.69. The average Bonchev–Trinajstić information content (AvgIpc) is 2.44. The number of anilines is 1. The maximum absolute atomic E-state index is 10.7. The Morgan fingerprint density at radius 1 is 1.14 bits per heavy atom. The Labute approximate surface area is 123 Å². The van der Waals surface area contributed by atoms with Gasteiger partial charge >= 0.3 is 0 Å². The maximum atomic E-state index is 10.7. The van der Waals surface area contributed by atoms with Gasteiger partial charge in [0.25, 0.3) is 5.69 Å². The molecule has 0 radical (unpaired) electrons. The van der Waals surface area contributed by atoms with Crippen molar-refractivity contribution in [1.82, 2.24) is 0 Å². The predicted octanol–water partition coefficient (Wildman–Crippen LogP) is 4.09. The van der Waals surface area contributed by atoms with Crippen LogP contribution in [-0.4, -0.2) is 10.0 Å². The summed E-state index contributed by atoms with van der Waals surface area (Å²) >= 11 is 0. The van der Waals surface area contributed by atoms with Crippen LogP contribution in [0.3, 0.4) is 0 Å². The van der Waals surface area contributed by atoms with Crippen molar-refractivity contribution in [2.75, 3.05) is 5.32 Å². The van der Waals surface area contributed by atoms with Gasteiger partial charge in [-0.1, -0.05) is 12.1 Å². The first-order chi connectivity index (χ1) is 9.88. The number of aromatic hydroxyl groups is 1. The summed E-state index contributed by atoms with van der Waals surface area (Å²) in [4.78, 5) is 10.2. The van der Waals surface area contributed by atoms with Crippen molar-refractivity contribution >= 4 is 11.4 Å². The fourth-order valence-electron chi connectivity index (χ4n) is 2.16. The topological polar surface area (TPSA) is 75.4 Å². The third kappa shape index (κ3) is 3.31. The fourth-order valence-corrected chi connectivity index (χ4v) is 2.16. The quantitative estimate of drug-likeness (QED) is 0.504. The minimum Gasteiger partial charge on any atom is -0.508 e. The second-order valence-corrected chi connectivity index (χ2v) is 5.17. The maximum Gasteiger partial charge on any atom is 0.269 e. The summed E-state index contributed by atoms with van der Waals surface area (Å²) in [5.41, 5.74) is 3.75. The van der Waals surface area contributed by atoms with Crippen molar-refractivity contribution < 1.29 is 10.0 Å². The molecule has 0 aliphatic rings. The molecule has 0 spiro atoms. The number of phenols is 1. The molecule has 0 aliphatic heterocycles. The number of nitrogens with zero attached hydrogens (tertiary/aromatic N) is 1. The molecule has 2 aromatic rings. The van der Waals surface area contributed by atoms with Gasteiger partial charge in [0, 0.05) is 23.9 Å². The molecule has 0 bridgehead atoms. The van der Waals surface area contributed by atoms with E-state index in [1.165, 1.54) is 12.1 Å². The van der Waals surface area contributed by atoms with Crippen molar-refractivity contribution in [3.8, 4) is 5.75 Å². The van der Waals surface area contributed by atoms with Gasteiger partial charge in [0.15, 0.2) is 0 Å². The van der Waals surface area contributed by atoms with E-state index in [1.807, 2.05) is 26.8 Å². The number of benzene rings is 2. The summed E-state index contributed by atoms with van der Waals surface area (Å²) in [5, 5.41) is 23.7. The summed E-state index contributed by atoms with van der Waals surface area (Å²) in [6.07, 6.45) is 0. The molecule has 2 N–H and O–H groups in total. The van der Waals surface area contributed by atoms with Gasteiger partial charge in [-0.15, -0.1) is 0 Å². The molecule has 5 nitrogen and oxygen atoms in total. The fraction of sp³-hybridized carbons (Fsp3) is 0.250. The van der Waals surface area contributed by atoms with Crippen LogP contribution < -0.4 is 5.32 Å². The SMILES string of the molecule is Cc1cc(NC(C)c2ccc([N+](=O)[O-])cc2)c(C)cc1O. The standard InChI is InChI=1S/C16H18N2O3/c1-10-9-16(19)11(2)8-15(10)17-12(3)13-4-6-14(7-5-13)18(20)21/h4-9,12,17,19H,1-3H3. The smallest absolute Gasteiger partial charge is 0.269 e. The van der Waals surface area contributed by atoms with Crippen LogP contribution in [0.5, 0.6) is 5.75 Å². The van der Waals surface area contributed by atoms with Crippen LogP contribution >= 0.6 is 0 Å². The lowest BCUT2D eigenvalue weighted by Crippen LogP contribution is -2.08.